The summed E-state index contributed by atoms with van der Waals surface area (Å²) in [7, 11) is 1.45. The number of aromatic amines is 1. The van der Waals surface area contributed by atoms with Crippen LogP contribution in [0.5, 0.6) is 0 Å². The molecule has 2 aromatic carbocycles. The number of likely N-dealkylation sites (N-methyl/N-ethyl adjacent to an activating group) is 1. The Morgan fingerprint density at radius 3 is 2.55 bits per heavy atom. The summed E-state index contributed by atoms with van der Waals surface area (Å²) in [4.78, 5) is 54.2. The topological polar surface area (TPSA) is 104 Å². The summed E-state index contributed by atoms with van der Waals surface area (Å²) in [6.45, 7) is -0.661. The third kappa shape index (κ3) is 4.57. The van der Waals surface area contributed by atoms with E-state index in [0.717, 1.165) is 9.46 Å². The number of amides is 2. The Morgan fingerprint density at radius 2 is 1.79 bits per heavy atom. The van der Waals surface area contributed by atoms with Gasteiger partial charge in [0.25, 0.3) is 5.56 Å². The number of hydrogen-bond donors (Lipinski definition) is 2. The molecule has 0 aliphatic heterocycles. The molecule has 3 rings (SSSR count). The molecule has 1 aromatic heterocycles. The van der Waals surface area contributed by atoms with E-state index in [1.165, 1.54) is 23.7 Å². The zero-order chi connectivity index (χ0) is 21.0. The van der Waals surface area contributed by atoms with Gasteiger partial charge in [0.15, 0.2) is 0 Å². The van der Waals surface area contributed by atoms with Crippen LogP contribution in [0.25, 0.3) is 10.9 Å². The Hall–Kier alpha value is -3.33. The molecule has 0 atom stereocenters. The molecule has 2 N–H and O–H groups in total. The number of para-hydroxylation sites is 2. The molecule has 0 unspecified atom stereocenters. The van der Waals surface area contributed by atoms with E-state index >= 15 is 0 Å². The average Bonchev–Trinajstić information content (AvgIpc) is 2.71. The van der Waals surface area contributed by atoms with Crippen molar-refractivity contribution >= 4 is 40.2 Å². The maximum Gasteiger partial charge on any atom is 0.329 e. The monoisotopic (exact) mass is 412 g/mol. The summed E-state index contributed by atoms with van der Waals surface area (Å²) in [6.07, 6.45) is 1.90. The summed E-state index contributed by atoms with van der Waals surface area (Å²) in [5.41, 5.74) is -0.155. The van der Waals surface area contributed by atoms with Crippen LogP contribution in [0, 0.1) is 0 Å². The van der Waals surface area contributed by atoms with Gasteiger partial charge in [-0.3, -0.25) is 19.0 Å². The molecule has 1 heterocycles. The van der Waals surface area contributed by atoms with Crippen LogP contribution in [-0.4, -0.2) is 46.1 Å². The zero-order valence-corrected chi connectivity index (χ0v) is 16.8. The van der Waals surface area contributed by atoms with Crippen LogP contribution in [0.15, 0.2) is 63.0 Å². The fourth-order valence-corrected chi connectivity index (χ4v) is 3.39. The van der Waals surface area contributed by atoms with E-state index in [-0.39, 0.29) is 12.5 Å². The number of carbonyl (C=O) groups excluding carboxylic acids is 2. The number of H-pyrrole nitrogens is 1. The molecule has 0 spiro atoms. The number of rotatable bonds is 6. The molecule has 0 fully saturated rings. The summed E-state index contributed by atoms with van der Waals surface area (Å²) in [5.74, 6) is -0.900. The van der Waals surface area contributed by atoms with Gasteiger partial charge in [0.1, 0.15) is 6.54 Å². The number of carbonyl (C=O) groups is 2. The van der Waals surface area contributed by atoms with Crippen molar-refractivity contribution in [3.8, 4) is 0 Å². The van der Waals surface area contributed by atoms with Gasteiger partial charge in [-0.15, -0.1) is 11.8 Å². The minimum absolute atomic E-state index is 0.207. The van der Waals surface area contributed by atoms with E-state index in [1.807, 2.05) is 24.5 Å². The first-order chi connectivity index (χ1) is 13.9. The molecule has 29 heavy (non-hydrogen) atoms. The van der Waals surface area contributed by atoms with E-state index < -0.39 is 23.7 Å². The second-order valence-corrected chi connectivity index (χ2v) is 7.21. The number of nitrogens with one attached hydrogen (secondary N) is 2. The van der Waals surface area contributed by atoms with Crippen molar-refractivity contribution in [2.75, 3.05) is 25.2 Å². The van der Waals surface area contributed by atoms with E-state index in [0.29, 0.717) is 16.6 Å². The van der Waals surface area contributed by atoms with Crippen molar-refractivity contribution < 1.29 is 9.59 Å². The quantitative estimate of drug-likeness (QED) is 0.597. The number of aromatic nitrogens is 2. The summed E-state index contributed by atoms with van der Waals surface area (Å²) >= 11 is 1.50. The van der Waals surface area contributed by atoms with Gasteiger partial charge in [0, 0.05) is 11.9 Å². The largest absolute Gasteiger partial charge is 0.335 e. The lowest BCUT2D eigenvalue weighted by atomic mass is 10.2. The Labute approximate surface area is 170 Å². The van der Waals surface area contributed by atoms with Crippen LogP contribution in [-0.2, 0) is 16.1 Å². The lowest BCUT2D eigenvalue weighted by molar-refractivity contribution is -0.133. The van der Waals surface area contributed by atoms with Gasteiger partial charge in [-0.25, -0.2) is 4.79 Å². The lowest BCUT2D eigenvalue weighted by Gasteiger charge is -2.18. The number of fused-ring (bicyclic) bond motifs is 1. The smallest absolute Gasteiger partial charge is 0.329 e. The Kier molecular flexibility index (Phi) is 6.18. The average molecular weight is 412 g/mol. The number of thioether (sulfide) groups is 1. The van der Waals surface area contributed by atoms with Crippen LogP contribution in [0.2, 0.25) is 0 Å². The van der Waals surface area contributed by atoms with Crippen molar-refractivity contribution in [2.45, 2.75) is 11.4 Å². The Balaban J connectivity index is 1.71. The summed E-state index contributed by atoms with van der Waals surface area (Å²) < 4.78 is 0.835. The predicted molar refractivity (Wildman–Crippen MR) is 113 cm³/mol. The first-order valence-corrected chi connectivity index (χ1v) is 10.0. The highest BCUT2D eigenvalue weighted by atomic mass is 32.2. The standard InChI is InChI=1S/C20H20N4O4S/c1-23(11-17(25)21-15-9-5-6-10-16(15)29-2)18(26)12-24-19(27)13-7-3-4-8-14(13)22-20(24)28/h3-10H,11-12H2,1-2H3,(H,21,25)(H,22,28). The second-order valence-electron chi connectivity index (χ2n) is 6.37. The fraction of sp³-hybridized carbons (Fsp3) is 0.200. The first-order valence-electron chi connectivity index (χ1n) is 8.79. The maximum absolute atomic E-state index is 12.5. The molecule has 0 bridgehead atoms. The molecule has 0 saturated carbocycles. The molecule has 9 heteroatoms. The van der Waals surface area contributed by atoms with E-state index in [4.69, 9.17) is 0 Å². The van der Waals surface area contributed by atoms with Gasteiger partial charge >= 0.3 is 5.69 Å². The van der Waals surface area contributed by atoms with Crippen LogP contribution in [0.3, 0.4) is 0 Å². The summed E-state index contributed by atoms with van der Waals surface area (Å²) in [6, 6.07) is 13.9. The van der Waals surface area contributed by atoms with Gasteiger partial charge in [0.2, 0.25) is 11.8 Å². The molecule has 0 radical (unpaired) electrons. The van der Waals surface area contributed by atoms with Crippen molar-refractivity contribution in [1.29, 1.82) is 0 Å². The molecule has 0 saturated heterocycles. The minimum atomic E-state index is -0.672. The number of nitrogens with zero attached hydrogens (tertiary/aromatic N) is 2. The Bertz CT molecular complexity index is 1180. The number of anilines is 1. The van der Waals surface area contributed by atoms with Gasteiger partial charge in [-0.05, 0) is 30.5 Å². The van der Waals surface area contributed by atoms with E-state index in [9.17, 15) is 19.2 Å². The zero-order valence-electron chi connectivity index (χ0n) is 16.0. The van der Waals surface area contributed by atoms with Crippen LogP contribution >= 0.6 is 11.8 Å². The van der Waals surface area contributed by atoms with Crippen LogP contribution in [0.4, 0.5) is 5.69 Å². The van der Waals surface area contributed by atoms with Crippen molar-refractivity contribution in [3.05, 3.63) is 69.4 Å². The normalized spacial score (nSPS) is 10.7. The molecular formula is C20H20N4O4S. The Morgan fingerprint density at radius 1 is 1.10 bits per heavy atom. The molecule has 8 nitrogen and oxygen atoms in total. The van der Waals surface area contributed by atoms with E-state index in [2.05, 4.69) is 10.3 Å². The summed E-state index contributed by atoms with van der Waals surface area (Å²) in [5, 5.41) is 3.08. The molecule has 0 aliphatic rings. The highest BCUT2D eigenvalue weighted by molar-refractivity contribution is 7.98. The first kappa shape index (κ1) is 20.4. The third-order valence-corrected chi connectivity index (χ3v) is 5.17. The van der Waals surface area contributed by atoms with Gasteiger partial charge in [-0.1, -0.05) is 24.3 Å². The lowest BCUT2D eigenvalue weighted by Crippen LogP contribution is -2.43. The molecular weight excluding hydrogens is 392 g/mol. The third-order valence-electron chi connectivity index (χ3n) is 4.37. The molecule has 3 aromatic rings. The predicted octanol–water partition coefficient (Wildman–Crippen LogP) is 1.51. The van der Waals surface area contributed by atoms with Crippen LogP contribution in [0.1, 0.15) is 0 Å². The SMILES string of the molecule is CSc1ccccc1NC(=O)CN(C)C(=O)Cn1c(=O)[nH]c2ccccc2c1=O. The van der Waals surface area contributed by atoms with Crippen LogP contribution < -0.4 is 16.6 Å². The van der Waals surface area contributed by atoms with Gasteiger partial charge in [0.05, 0.1) is 23.1 Å². The number of hydrogen-bond acceptors (Lipinski definition) is 5. The van der Waals surface area contributed by atoms with Gasteiger partial charge in [-0.2, -0.15) is 0 Å². The fourth-order valence-electron chi connectivity index (χ4n) is 2.84. The molecule has 150 valence electrons. The minimum Gasteiger partial charge on any atom is -0.335 e. The van der Waals surface area contributed by atoms with Crippen molar-refractivity contribution in [2.24, 2.45) is 0 Å². The highest BCUT2D eigenvalue weighted by Gasteiger charge is 2.17. The highest BCUT2D eigenvalue weighted by Crippen LogP contribution is 2.24. The molecule has 2 amide bonds. The molecule has 0 aliphatic carbocycles. The van der Waals surface area contributed by atoms with Gasteiger partial charge < -0.3 is 15.2 Å². The second kappa shape index (κ2) is 8.78. The maximum atomic E-state index is 12.5. The van der Waals surface area contributed by atoms with E-state index in [1.54, 1.807) is 30.3 Å². The number of benzene rings is 2. The van der Waals surface area contributed by atoms with Crippen molar-refractivity contribution in [3.63, 3.8) is 0 Å². The van der Waals surface area contributed by atoms with Crippen molar-refractivity contribution in [1.82, 2.24) is 14.5 Å².